The molecule has 0 aliphatic carbocycles. The van der Waals surface area contributed by atoms with Crippen molar-refractivity contribution in [1.29, 1.82) is 0 Å². The predicted octanol–water partition coefficient (Wildman–Crippen LogP) is 3.52. The van der Waals surface area contributed by atoms with Crippen LogP contribution >= 0.6 is 12.6 Å². The van der Waals surface area contributed by atoms with E-state index in [0.717, 1.165) is 12.1 Å². The molecule has 0 nitrogen and oxygen atoms in total. The highest BCUT2D eigenvalue weighted by Gasteiger charge is 2.33. The SMILES string of the molecule is Fc1ccc(C(F)(F)F)c(C#CCCS)c1. The van der Waals surface area contributed by atoms with E-state index in [9.17, 15) is 17.6 Å². The molecule has 0 aliphatic rings. The van der Waals surface area contributed by atoms with Crippen LogP contribution < -0.4 is 0 Å². The molecule has 0 saturated heterocycles. The Labute approximate surface area is 96.1 Å². The average molecular weight is 248 g/mol. The molecule has 0 amide bonds. The minimum absolute atomic E-state index is 0.339. The second-order valence-electron chi connectivity index (χ2n) is 2.96. The molecular formula is C11H8F4S. The molecule has 0 heterocycles. The molecule has 0 spiro atoms. The summed E-state index contributed by atoms with van der Waals surface area (Å²) in [5.41, 5.74) is -1.25. The maximum atomic E-state index is 12.8. The van der Waals surface area contributed by atoms with Crippen molar-refractivity contribution in [3.63, 3.8) is 0 Å². The van der Waals surface area contributed by atoms with E-state index in [-0.39, 0.29) is 5.56 Å². The van der Waals surface area contributed by atoms with Gasteiger partial charge in [-0.2, -0.15) is 25.8 Å². The van der Waals surface area contributed by atoms with Gasteiger partial charge >= 0.3 is 6.18 Å². The molecular weight excluding hydrogens is 240 g/mol. The van der Waals surface area contributed by atoms with Gasteiger partial charge in [0.2, 0.25) is 0 Å². The van der Waals surface area contributed by atoms with Crippen LogP contribution in [0.25, 0.3) is 0 Å². The van der Waals surface area contributed by atoms with Crippen molar-refractivity contribution in [1.82, 2.24) is 0 Å². The fourth-order valence-electron chi connectivity index (χ4n) is 1.08. The van der Waals surface area contributed by atoms with Crippen molar-refractivity contribution in [2.45, 2.75) is 12.6 Å². The van der Waals surface area contributed by atoms with Crippen LogP contribution in [0, 0.1) is 17.7 Å². The lowest BCUT2D eigenvalue weighted by atomic mass is 10.1. The smallest absolute Gasteiger partial charge is 0.207 e. The zero-order valence-corrected chi connectivity index (χ0v) is 9.00. The number of hydrogen-bond acceptors (Lipinski definition) is 1. The quantitative estimate of drug-likeness (QED) is 0.439. The number of alkyl halides is 3. The maximum absolute atomic E-state index is 12.8. The largest absolute Gasteiger partial charge is 0.417 e. The van der Waals surface area contributed by atoms with E-state index in [2.05, 4.69) is 24.5 Å². The Morgan fingerprint density at radius 1 is 1.25 bits per heavy atom. The molecule has 0 fully saturated rings. The summed E-state index contributed by atoms with van der Waals surface area (Å²) < 4.78 is 50.2. The summed E-state index contributed by atoms with van der Waals surface area (Å²) in [5.74, 6) is 4.52. The second kappa shape index (κ2) is 5.26. The molecule has 0 aromatic heterocycles. The van der Waals surface area contributed by atoms with Gasteiger partial charge in [0.15, 0.2) is 0 Å². The zero-order chi connectivity index (χ0) is 12.2. The Hall–Kier alpha value is -1.15. The van der Waals surface area contributed by atoms with E-state index in [0.29, 0.717) is 18.2 Å². The monoisotopic (exact) mass is 248 g/mol. The van der Waals surface area contributed by atoms with Crippen LogP contribution in [-0.4, -0.2) is 5.75 Å². The fourth-order valence-corrected chi connectivity index (χ4v) is 1.19. The topological polar surface area (TPSA) is 0 Å². The van der Waals surface area contributed by atoms with Gasteiger partial charge in [0.1, 0.15) is 5.82 Å². The van der Waals surface area contributed by atoms with Crippen molar-refractivity contribution in [3.05, 3.63) is 35.1 Å². The molecule has 0 aliphatic heterocycles. The lowest BCUT2D eigenvalue weighted by molar-refractivity contribution is -0.137. The summed E-state index contributed by atoms with van der Waals surface area (Å²) in [6.07, 6.45) is -4.16. The van der Waals surface area contributed by atoms with E-state index >= 15 is 0 Å². The number of rotatable bonds is 1. The normalized spacial score (nSPS) is 10.8. The molecule has 0 N–H and O–H groups in total. The lowest BCUT2D eigenvalue weighted by Crippen LogP contribution is -2.07. The Bertz CT molecular complexity index is 426. The van der Waals surface area contributed by atoms with Crippen molar-refractivity contribution in [3.8, 4) is 11.8 Å². The standard InChI is InChI=1S/C11H8F4S/c12-9-4-5-10(11(13,14)15)8(7-9)3-1-2-6-16/h4-5,7,16H,2,6H2. The molecule has 1 aromatic rings. The van der Waals surface area contributed by atoms with Crippen molar-refractivity contribution < 1.29 is 17.6 Å². The number of thiol groups is 1. The van der Waals surface area contributed by atoms with Crippen molar-refractivity contribution in [2.75, 3.05) is 5.75 Å². The predicted molar refractivity (Wildman–Crippen MR) is 56.8 cm³/mol. The Kier molecular flexibility index (Phi) is 4.25. The number of halogens is 4. The van der Waals surface area contributed by atoms with Gasteiger partial charge in [0, 0.05) is 17.7 Å². The van der Waals surface area contributed by atoms with E-state index in [1.807, 2.05) is 0 Å². The summed E-state index contributed by atoms with van der Waals surface area (Å²) in [6, 6.07) is 2.25. The summed E-state index contributed by atoms with van der Waals surface area (Å²) in [6.45, 7) is 0. The second-order valence-corrected chi connectivity index (χ2v) is 3.41. The number of hydrogen-bond donors (Lipinski definition) is 1. The third-order valence-electron chi connectivity index (χ3n) is 1.75. The van der Waals surface area contributed by atoms with Gasteiger partial charge < -0.3 is 0 Å². The minimum atomic E-state index is -4.52. The van der Waals surface area contributed by atoms with Crippen LogP contribution in [0.3, 0.4) is 0 Å². The van der Waals surface area contributed by atoms with Crippen LogP contribution in [0.4, 0.5) is 17.6 Å². The van der Waals surface area contributed by atoms with Gasteiger partial charge in [0.25, 0.3) is 0 Å². The van der Waals surface area contributed by atoms with E-state index in [4.69, 9.17) is 0 Å². The molecule has 0 bridgehead atoms. The molecule has 0 unspecified atom stereocenters. The van der Waals surface area contributed by atoms with Crippen LogP contribution in [-0.2, 0) is 6.18 Å². The van der Waals surface area contributed by atoms with Gasteiger partial charge in [-0.05, 0) is 18.2 Å². The molecule has 1 rings (SSSR count). The summed E-state index contributed by atoms with van der Waals surface area (Å²) in [5, 5.41) is 0. The highest BCUT2D eigenvalue weighted by molar-refractivity contribution is 7.80. The third-order valence-corrected chi connectivity index (χ3v) is 1.97. The first-order valence-electron chi connectivity index (χ1n) is 4.41. The highest BCUT2D eigenvalue weighted by Crippen LogP contribution is 2.31. The summed E-state index contributed by atoms with van der Waals surface area (Å²) >= 11 is 3.87. The van der Waals surface area contributed by atoms with Crippen molar-refractivity contribution in [2.24, 2.45) is 0 Å². The fraction of sp³-hybridized carbons (Fsp3) is 0.273. The van der Waals surface area contributed by atoms with Gasteiger partial charge in [-0.1, -0.05) is 11.8 Å². The van der Waals surface area contributed by atoms with Crippen LogP contribution in [0.5, 0.6) is 0 Å². The third kappa shape index (κ3) is 3.46. The van der Waals surface area contributed by atoms with Crippen LogP contribution in [0.2, 0.25) is 0 Å². The van der Waals surface area contributed by atoms with E-state index < -0.39 is 17.6 Å². The molecule has 16 heavy (non-hydrogen) atoms. The molecule has 0 atom stereocenters. The Morgan fingerprint density at radius 2 is 1.94 bits per heavy atom. The van der Waals surface area contributed by atoms with Gasteiger partial charge in [-0.15, -0.1) is 0 Å². The zero-order valence-electron chi connectivity index (χ0n) is 8.11. The molecule has 1 aromatic carbocycles. The first-order chi connectivity index (χ1) is 7.45. The maximum Gasteiger partial charge on any atom is 0.417 e. The Morgan fingerprint density at radius 3 is 2.50 bits per heavy atom. The van der Waals surface area contributed by atoms with Crippen LogP contribution in [0.1, 0.15) is 17.5 Å². The average Bonchev–Trinajstić information content (AvgIpc) is 2.16. The molecule has 0 saturated carbocycles. The number of benzene rings is 1. The lowest BCUT2D eigenvalue weighted by Gasteiger charge is -2.08. The highest BCUT2D eigenvalue weighted by atomic mass is 32.1. The first kappa shape index (κ1) is 12.9. The van der Waals surface area contributed by atoms with Crippen LogP contribution in [0.15, 0.2) is 18.2 Å². The molecule has 0 radical (unpaired) electrons. The van der Waals surface area contributed by atoms with E-state index in [1.165, 1.54) is 0 Å². The van der Waals surface area contributed by atoms with Crippen molar-refractivity contribution >= 4 is 12.6 Å². The van der Waals surface area contributed by atoms with Gasteiger partial charge in [-0.3, -0.25) is 0 Å². The van der Waals surface area contributed by atoms with E-state index in [1.54, 1.807) is 0 Å². The summed E-state index contributed by atoms with van der Waals surface area (Å²) in [4.78, 5) is 0. The Balaban J connectivity index is 3.15. The molecule has 5 heteroatoms. The minimum Gasteiger partial charge on any atom is -0.207 e. The molecule has 86 valence electrons. The van der Waals surface area contributed by atoms with Gasteiger partial charge in [0.05, 0.1) is 5.56 Å². The summed E-state index contributed by atoms with van der Waals surface area (Å²) in [7, 11) is 0. The van der Waals surface area contributed by atoms with Gasteiger partial charge in [-0.25, -0.2) is 4.39 Å². The first-order valence-corrected chi connectivity index (χ1v) is 5.05.